The molecule has 1 aromatic rings. The molecule has 0 bridgehead atoms. The molecule has 1 atom stereocenters. The predicted molar refractivity (Wildman–Crippen MR) is 82.8 cm³/mol. The van der Waals surface area contributed by atoms with Crippen molar-refractivity contribution in [3.63, 3.8) is 0 Å². The summed E-state index contributed by atoms with van der Waals surface area (Å²) in [5.74, 6) is 0.391. The number of anilines is 1. The maximum atomic E-state index is 12.2. The summed E-state index contributed by atoms with van der Waals surface area (Å²) in [6, 6.07) is 5.57. The average molecular weight is 275 g/mol. The van der Waals surface area contributed by atoms with Gasteiger partial charge in [-0.3, -0.25) is 4.79 Å². The lowest BCUT2D eigenvalue weighted by Crippen LogP contribution is -2.34. The Labute approximate surface area is 121 Å². The molecule has 3 N–H and O–H groups in total. The van der Waals surface area contributed by atoms with Crippen molar-refractivity contribution in [2.45, 2.75) is 26.7 Å². The van der Waals surface area contributed by atoms with Crippen LogP contribution in [0.2, 0.25) is 0 Å². The molecule has 0 aliphatic carbocycles. The second-order valence-electron chi connectivity index (χ2n) is 5.86. The van der Waals surface area contributed by atoms with E-state index in [-0.39, 0.29) is 5.91 Å². The quantitative estimate of drug-likeness (QED) is 0.809. The molecule has 1 heterocycles. The van der Waals surface area contributed by atoms with E-state index in [1.807, 2.05) is 19.1 Å². The molecule has 1 aliphatic rings. The number of nitrogens with two attached hydrogens (primary N) is 1. The number of nitrogens with zero attached hydrogens (tertiary/aromatic N) is 1. The van der Waals surface area contributed by atoms with Crippen molar-refractivity contribution in [3.05, 3.63) is 29.3 Å². The van der Waals surface area contributed by atoms with Crippen molar-refractivity contribution >= 4 is 11.6 Å². The maximum absolute atomic E-state index is 12.2. The molecule has 0 saturated carbocycles. The minimum Gasteiger partial charge on any atom is -0.398 e. The molecule has 110 valence electrons. The first-order valence-corrected chi connectivity index (χ1v) is 7.43. The zero-order valence-corrected chi connectivity index (χ0v) is 12.5. The van der Waals surface area contributed by atoms with Crippen molar-refractivity contribution < 1.29 is 4.79 Å². The third-order valence-corrected chi connectivity index (χ3v) is 3.95. The molecule has 2 rings (SSSR count). The van der Waals surface area contributed by atoms with Crippen LogP contribution in [0.25, 0.3) is 0 Å². The maximum Gasteiger partial charge on any atom is 0.253 e. The first kappa shape index (κ1) is 14.9. The van der Waals surface area contributed by atoms with E-state index in [2.05, 4.69) is 17.1 Å². The molecule has 0 radical (unpaired) electrons. The molecular weight excluding hydrogens is 250 g/mol. The molecule has 4 heteroatoms. The van der Waals surface area contributed by atoms with Crippen LogP contribution in [0.4, 0.5) is 5.69 Å². The molecule has 1 unspecified atom stereocenters. The molecule has 20 heavy (non-hydrogen) atoms. The standard InChI is InChI=1S/C16H25N3O/c1-12(11-19-8-3-4-9-19)10-18-16(20)14-7-5-6-13(2)15(14)17/h5-7,12H,3-4,8-11,17H2,1-2H3,(H,18,20). The molecular formula is C16H25N3O. The number of carbonyl (C=O) groups excluding carboxylic acids is 1. The van der Waals surface area contributed by atoms with E-state index in [1.54, 1.807) is 6.07 Å². The van der Waals surface area contributed by atoms with Crippen LogP contribution in [0, 0.1) is 12.8 Å². The number of hydrogen-bond donors (Lipinski definition) is 2. The second kappa shape index (κ2) is 6.75. The Morgan fingerprint density at radius 3 is 2.80 bits per heavy atom. The smallest absolute Gasteiger partial charge is 0.253 e. The molecule has 1 aromatic carbocycles. The van der Waals surface area contributed by atoms with E-state index in [0.29, 0.717) is 23.7 Å². The topological polar surface area (TPSA) is 58.4 Å². The number of para-hydroxylation sites is 1. The number of likely N-dealkylation sites (tertiary alicyclic amines) is 1. The normalized spacial score (nSPS) is 17.1. The third-order valence-electron chi connectivity index (χ3n) is 3.95. The molecule has 4 nitrogen and oxygen atoms in total. The summed E-state index contributed by atoms with van der Waals surface area (Å²) in [5.41, 5.74) is 8.06. The molecule has 1 saturated heterocycles. The Morgan fingerprint density at radius 2 is 2.10 bits per heavy atom. The molecule has 1 amide bonds. The van der Waals surface area contributed by atoms with E-state index in [9.17, 15) is 4.79 Å². The fraction of sp³-hybridized carbons (Fsp3) is 0.562. The van der Waals surface area contributed by atoms with Gasteiger partial charge in [-0.1, -0.05) is 19.1 Å². The third kappa shape index (κ3) is 3.73. The zero-order chi connectivity index (χ0) is 14.5. The molecule has 0 aromatic heterocycles. The summed E-state index contributed by atoms with van der Waals surface area (Å²) in [7, 11) is 0. The predicted octanol–water partition coefficient (Wildman–Crippen LogP) is 2.04. The van der Waals surface area contributed by atoms with Crippen molar-refractivity contribution in [2.75, 3.05) is 31.9 Å². The van der Waals surface area contributed by atoms with E-state index < -0.39 is 0 Å². The van der Waals surface area contributed by atoms with Gasteiger partial charge in [0.25, 0.3) is 5.91 Å². The van der Waals surface area contributed by atoms with Crippen LogP contribution in [-0.4, -0.2) is 37.0 Å². The monoisotopic (exact) mass is 275 g/mol. The Kier molecular flexibility index (Phi) is 5.01. The summed E-state index contributed by atoms with van der Waals surface area (Å²) in [6.45, 7) is 8.25. The van der Waals surface area contributed by atoms with Gasteiger partial charge in [0.2, 0.25) is 0 Å². The second-order valence-corrected chi connectivity index (χ2v) is 5.86. The zero-order valence-electron chi connectivity index (χ0n) is 12.5. The number of nitrogen functional groups attached to an aromatic ring is 1. The van der Waals surface area contributed by atoms with Crippen molar-refractivity contribution in [1.82, 2.24) is 10.2 Å². The van der Waals surface area contributed by atoms with Crippen molar-refractivity contribution in [1.29, 1.82) is 0 Å². The van der Waals surface area contributed by atoms with E-state index >= 15 is 0 Å². The van der Waals surface area contributed by atoms with Gasteiger partial charge in [-0.2, -0.15) is 0 Å². The van der Waals surface area contributed by atoms with Gasteiger partial charge in [0.05, 0.1) is 5.56 Å². The van der Waals surface area contributed by atoms with Gasteiger partial charge in [-0.25, -0.2) is 0 Å². The Morgan fingerprint density at radius 1 is 1.40 bits per heavy atom. The van der Waals surface area contributed by atoms with Gasteiger partial charge in [-0.15, -0.1) is 0 Å². The van der Waals surface area contributed by atoms with Gasteiger partial charge in [-0.05, 0) is 50.4 Å². The van der Waals surface area contributed by atoms with E-state index in [0.717, 1.165) is 12.1 Å². The summed E-state index contributed by atoms with van der Waals surface area (Å²) in [5, 5.41) is 3.00. The van der Waals surface area contributed by atoms with E-state index in [1.165, 1.54) is 25.9 Å². The summed E-state index contributed by atoms with van der Waals surface area (Å²) < 4.78 is 0. The number of hydrogen-bond acceptors (Lipinski definition) is 3. The number of aryl methyl sites for hydroxylation is 1. The minimum atomic E-state index is -0.0699. The van der Waals surface area contributed by atoms with Crippen LogP contribution in [0.1, 0.15) is 35.7 Å². The number of amides is 1. The molecule has 1 aliphatic heterocycles. The highest BCUT2D eigenvalue weighted by Gasteiger charge is 2.16. The first-order valence-electron chi connectivity index (χ1n) is 7.43. The van der Waals surface area contributed by atoms with Crippen LogP contribution < -0.4 is 11.1 Å². The molecule has 1 fully saturated rings. The summed E-state index contributed by atoms with van der Waals surface area (Å²) in [4.78, 5) is 14.6. The van der Waals surface area contributed by atoms with Crippen LogP contribution in [0.3, 0.4) is 0 Å². The summed E-state index contributed by atoms with van der Waals surface area (Å²) >= 11 is 0. The molecule has 0 spiro atoms. The lowest BCUT2D eigenvalue weighted by atomic mass is 10.1. The van der Waals surface area contributed by atoms with Crippen LogP contribution in [-0.2, 0) is 0 Å². The highest BCUT2D eigenvalue weighted by Crippen LogP contribution is 2.16. The SMILES string of the molecule is Cc1cccc(C(=O)NCC(C)CN2CCCC2)c1N. The fourth-order valence-electron chi connectivity index (χ4n) is 2.71. The van der Waals surface area contributed by atoms with E-state index in [4.69, 9.17) is 5.73 Å². The fourth-order valence-corrected chi connectivity index (χ4v) is 2.71. The summed E-state index contributed by atoms with van der Waals surface area (Å²) in [6.07, 6.45) is 2.61. The highest BCUT2D eigenvalue weighted by atomic mass is 16.1. The lowest BCUT2D eigenvalue weighted by Gasteiger charge is -2.20. The lowest BCUT2D eigenvalue weighted by molar-refractivity contribution is 0.0946. The van der Waals surface area contributed by atoms with Gasteiger partial charge >= 0.3 is 0 Å². The van der Waals surface area contributed by atoms with Crippen molar-refractivity contribution in [2.24, 2.45) is 5.92 Å². The number of carbonyl (C=O) groups is 1. The largest absolute Gasteiger partial charge is 0.398 e. The number of rotatable bonds is 5. The van der Waals surface area contributed by atoms with Gasteiger partial charge in [0, 0.05) is 18.8 Å². The Bertz CT molecular complexity index is 467. The van der Waals surface area contributed by atoms with Crippen LogP contribution >= 0.6 is 0 Å². The van der Waals surface area contributed by atoms with Gasteiger partial charge < -0.3 is 16.0 Å². The van der Waals surface area contributed by atoms with Gasteiger partial charge in [0.15, 0.2) is 0 Å². The number of nitrogens with one attached hydrogen (secondary N) is 1. The highest BCUT2D eigenvalue weighted by molar-refractivity contribution is 5.99. The van der Waals surface area contributed by atoms with Crippen molar-refractivity contribution in [3.8, 4) is 0 Å². The number of benzene rings is 1. The average Bonchev–Trinajstić information content (AvgIpc) is 2.92. The first-order chi connectivity index (χ1) is 9.58. The Hall–Kier alpha value is -1.55. The Balaban J connectivity index is 1.83. The minimum absolute atomic E-state index is 0.0699. The van der Waals surface area contributed by atoms with Crippen LogP contribution in [0.15, 0.2) is 18.2 Å². The van der Waals surface area contributed by atoms with Gasteiger partial charge in [0.1, 0.15) is 0 Å². The van der Waals surface area contributed by atoms with Crippen LogP contribution in [0.5, 0.6) is 0 Å².